The van der Waals surface area contributed by atoms with E-state index in [9.17, 15) is 17.6 Å². The SMILES string of the molecule is Cc1cc(S(=O)(=O)Cl)cc(C(=O)NCC2CC2(C)C)c1F. The Labute approximate surface area is 128 Å². The first-order chi connectivity index (χ1) is 9.52. The Morgan fingerprint density at radius 2 is 2.05 bits per heavy atom. The van der Waals surface area contributed by atoms with Gasteiger partial charge < -0.3 is 5.32 Å². The number of halogens is 2. The first-order valence-electron chi connectivity index (χ1n) is 6.55. The van der Waals surface area contributed by atoms with Gasteiger partial charge in [0.05, 0.1) is 10.5 Å². The maximum atomic E-state index is 14.0. The molecule has 7 heteroatoms. The Morgan fingerprint density at radius 3 is 2.52 bits per heavy atom. The van der Waals surface area contributed by atoms with Crippen LogP contribution in [-0.2, 0) is 9.05 Å². The molecule has 1 aliphatic rings. The standard InChI is InChI=1S/C14H17ClFNO3S/c1-8-4-10(21(15,19)20)5-11(12(8)16)13(18)17-7-9-6-14(9,2)3/h4-5,9H,6-7H2,1-3H3,(H,17,18). The Morgan fingerprint density at radius 1 is 1.48 bits per heavy atom. The average Bonchev–Trinajstić information content (AvgIpc) is 2.96. The van der Waals surface area contributed by atoms with E-state index in [1.54, 1.807) is 0 Å². The number of aryl methyl sites for hydroxylation is 1. The molecule has 1 aliphatic carbocycles. The van der Waals surface area contributed by atoms with E-state index in [-0.39, 0.29) is 21.4 Å². The average molecular weight is 334 g/mol. The molecule has 0 spiro atoms. The topological polar surface area (TPSA) is 63.2 Å². The van der Waals surface area contributed by atoms with Crippen LogP contribution in [0.3, 0.4) is 0 Å². The van der Waals surface area contributed by atoms with Crippen LogP contribution in [0.4, 0.5) is 4.39 Å². The van der Waals surface area contributed by atoms with E-state index in [1.165, 1.54) is 6.92 Å². The van der Waals surface area contributed by atoms with Crippen LogP contribution in [0.25, 0.3) is 0 Å². The monoisotopic (exact) mass is 333 g/mol. The largest absolute Gasteiger partial charge is 0.352 e. The van der Waals surface area contributed by atoms with Crippen molar-refractivity contribution in [3.05, 3.63) is 29.1 Å². The lowest BCUT2D eigenvalue weighted by molar-refractivity contribution is 0.0946. The summed E-state index contributed by atoms with van der Waals surface area (Å²) >= 11 is 0. The van der Waals surface area contributed by atoms with Crippen molar-refractivity contribution in [3.63, 3.8) is 0 Å². The molecule has 1 saturated carbocycles. The summed E-state index contributed by atoms with van der Waals surface area (Å²) in [5, 5.41) is 2.65. The highest BCUT2D eigenvalue weighted by atomic mass is 35.7. The zero-order valence-corrected chi connectivity index (χ0v) is 13.6. The van der Waals surface area contributed by atoms with Crippen molar-refractivity contribution in [1.82, 2.24) is 5.32 Å². The number of hydrogen-bond donors (Lipinski definition) is 1. The van der Waals surface area contributed by atoms with Gasteiger partial charge in [0, 0.05) is 17.2 Å². The van der Waals surface area contributed by atoms with Gasteiger partial charge in [-0.1, -0.05) is 13.8 Å². The zero-order valence-electron chi connectivity index (χ0n) is 12.0. The van der Waals surface area contributed by atoms with Crippen LogP contribution in [-0.4, -0.2) is 20.9 Å². The van der Waals surface area contributed by atoms with E-state index in [0.29, 0.717) is 12.5 Å². The molecule has 4 nitrogen and oxygen atoms in total. The lowest BCUT2D eigenvalue weighted by Gasteiger charge is -2.10. The van der Waals surface area contributed by atoms with Gasteiger partial charge in [0.2, 0.25) is 0 Å². The molecule has 1 aromatic rings. The van der Waals surface area contributed by atoms with Gasteiger partial charge in [-0.2, -0.15) is 0 Å². The van der Waals surface area contributed by atoms with E-state index in [0.717, 1.165) is 18.6 Å². The van der Waals surface area contributed by atoms with E-state index < -0.39 is 20.8 Å². The summed E-state index contributed by atoms with van der Waals surface area (Å²) in [7, 11) is 1.24. The number of amides is 1. The third kappa shape index (κ3) is 3.55. The van der Waals surface area contributed by atoms with E-state index in [4.69, 9.17) is 10.7 Å². The molecule has 0 bridgehead atoms. The summed E-state index contributed by atoms with van der Waals surface area (Å²) in [6, 6.07) is 2.08. The molecule has 0 heterocycles. The van der Waals surface area contributed by atoms with Crippen LogP contribution < -0.4 is 5.32 Å². The van der Waals surface area contributed by atoms with E-state index in [2.05, 4.69) is 19.2 Å². The first-order valence-corrected chi connectivity index (χ1v) is 8.86. The lowest BCUT2D eigenvalue weighted by Crippen LogP contribution is -2.27. The van der Waals surface area contributed by atoms with Crippen LogP contribution in [0, 0.1) is 24.1 Å². The molecule has 0 aromatic heterocycles. The molecule has 0 aliphatic heterocycles. The van der Waals surface area contributed by atoms with Gasteiger partial charge >= 0.3 is 0 Å². The number of nitrogens with one attached hydrogen (secondary N) is 1. The fraction of sp³-hybridized carbons (Fsp3) is 0.500. The summed E-state index contributed by atoms with van der Waals surface area (Å²) < 4.78 is 36.7. The summed E-state index contributed by atoms with van der Waals surface area (Å²) in [6.45, 7) is 6.02. The van der Waals surface area contributed by atoms with Crippen LogP contribution in [0.2, 0.25) is 0 Å². The minimum atomic E-state index is -4.01. The normalized spacial score (nSPS) is 20.1. The van der Waals surface area contributed by atoms with Crippen molar-refractivity contribution in [1.29, 1.82) is 0 Å². The van der Waals surface area contributed by atoms with Crippen molar-refractivity contribution >= 4 is 25.6 Å². The van der Waals surface area contributed by atoms with Crippen LogP contribution in [0.5, 0.6) is 0 Å². The molecule has 1 N–H and O–H groups in total. The number of carbonyl (C=O) groups is 1. The summed E-state index contributed by atoms with van der Waals surface area (Å²) in [5.41, 5.74) is -0.0374. The smallest absolute Gasteiger partial charge is 0.261 e. The summed E-state index contributed by atoms with van der Waals surface area (Å²) in [6.07, 6.45) is 1.00. The predicted molar refractivity (Wildman–Crippen MR) is 78.4 cm³/mol. The Bertz CT molecular complexity index is 700. The van der Waals surface area contributed by atoms with Crippen molar-refractivity contribution in [3.8, 4) is 0 Å². The molecule has 1 amide bonds. The minimum Gasteiger partial charge on any atom is -0.352 e. The second-order valence-corrected chi connectivity index (χ2v) is 8.71. The zero-order chi connectivity index (χ0) is 16.0. The fourth-order valence-corrected chi connectivity index (χ4v) is 3.12. The van der Waals surface area contributed by atoms with Crippen LogP contribution >= 0.6 is 10.7 Å². The van der Waals surface area contributed by atoms with Crippen LogP contribution in [0.15, 0.2) is 17.0 Å². The highest BCUT2D eigenvalue weighted by Gasteiger charge is 2.45. The molecule has 0 saturated heterocycles. The van der Waals surface area contributed by atoms with Gasteiger partial charge in [0.15, 0.2) is 0 Å². The summed E-state index contributed by atoms with van der Waals surface area (Å²) in [5.74, 6) is -0.988. The number of hydrogen-bond acceptors (Lipinski definition) is 3. The second kappa shape index (κ2) is 5.25. The Balaban J connectivity index is 2.22. The molecule has 116 valence electrons. The van der Waals surface area contributed by atoms with Gasteiger partial charge in [-0.15, -0.1) is 0 Å². The Kier molecular flexibility index (Phi) is 4.06. The predicted octanol–water partition coefficient (Wildman–Crippen LogP) is 2.84. The summed E-state index contributed by atoms with van der Waals surface area (Å²) in [4.78, 5) is 11.8. The minimum absolute atomic E-state index is 0.0635. The van der Waals surface area contributed by atoms with Crippen molar-refractivity contribution < 1.29 is 17.6 Å². The molecule has 1 atom stereocenters. The highest BCUT2D eigenvalue weighted by molar-refractivity contribution is 8.13. The third-order valence-corrected chi connectivity index (χ3v) is 5.31. The maximum Gasteiger partial charge on any atom is 0.261 e. The maximum absolute atomic E-state index is 14.0. The molecule has 1 fully saturated rings. The molecular formula is C14H17ClFNO3S. The number of benzene rings is 1. The van der Waals surface area contributed by atoms with E-state index in [1.807, 2.05) is 0 Å². The van der Waals surface area contributed by atoms with Gasteiger partial charge in [0.1, 0.15) is 5.82 Å². The fourth-order valence-electron chi connectivity index (χ4n) is 2.28. The lowest BCUT2D eigenvalue weighted by atomic mass is 10.1. The molecular weight excluding hydrogens is 317 g/mol. The number of carbonyl (C=O) groups excluding carboxylic acids is 1. The molecule has 0 radical (unpaired) electrons. The quantitative estimate of drug-likeness (QED) is 0.862. The van der Waals surface area contributed by atoms with Crippen molar-refractivity contribution in [2.75, 3.05) is 6.54 Å². The van der Waals surface area contributed by atoms with E-state index >= 15 is 0 Å². The van der Waals surface area contributed by atoms with Gasteiger partial charge in [-0.05, 0) is 42.4 Å². The second-order valence-electron chi connectivity index (χ2n) is 6.14. The van der Waals surface area contributed by atoms with Crippen molar-refractivity contribution in [2.45, 2.75) is 32.1 Å². The molecule has 2 rings (SSSR count). The molecule has 1 aromatic carbocycles. The highest BCUT2D eigenvalue weighted by Crippen LogP contribution is 2.51. The first kappa shape index (κ1) is 16.2. The third-order valence-electron chi connectivity index (χ3n) is 3.98. The van der Waals surface area contributed by atoms with Crippen LogP contribution in [0.1, 0.15) is 36.2 Å². The number of rotatable bonds is 4. The van der Waals surface area contributed by atoms with Gasteiger partial charge in [0.25, 0.3) is 15.0 Å². The van der Waals surface area contributed by atoms with Gasteiger partial charge in [-0.25, -0.2) is 12.8 Å². The van der Waals surface area contributed by atoms with Crippen molar-refractivity contribution in [2.24, 2.45) is 11.3 Å². The Hall–Kier alpha value is -1.14. The molecule has 1 unspecified atom stereocenters. The van der Waals surface area contributed by atoms with Gasteiger partial charge in [-0.3, -0.25) is 4.79 Å². The molecule has 21 heavy (non-hydrogen) atoms.